The lowest BCUT2D eigenvalue weighted by Gasteiger charge is -2.17. The Hall–Kier alpha value is -5.80. The molecule has 0 bridgehead atoms. The van der Waals surface area contributed by atoms with E-state index in [1.54, 1.807) is 0 Å². The molecule has 2 heterocycles. The number of rotatable bonds is 3. The van der Waals surface area contributed by atoms with Gasteiger partial charge in [-0.1, -0.05) is 97.9 Å². The van der Waals surface area contributed by atoms with E-state index in [9.17, 15) is 0 Å². The molecule has 0 atom stereocenters. The summed E-state index contributed by atoms with van der Waals surface area (Å²) in [6, 6.07) is 46.7. The third-order valence-corrected chi connectivity index (χ3v) is 9.68. The molecule has 3 nitrogen and oxygen atoms in total. The maximum atomic E-state index is 5.01. The molecule has 0 aliphatic heterocycles. The maximum Gasteiger partial charge on any atom is 0.138 e. The molecule has 0 saturated carbocycles. The van der Waals surface area contributed by atoms with Gasteiger partial charge in [-0.05, 0) is 107 Å². The van der Waals surface area contributed by atoms with E-state index in [4.69, 9.17) is 9.97 Å². The number of hydrogen-bond acceptors (Lipinski definition) is 2. The van der Waals surface area contributed by atoms with Crippen LogP contribution in [-0.2, 0) is 6.42 Å². The number of aryl methyl sites for hydroxylation is 1. The molecule has 0 amide bonds. The Morgan fingerprint density at radius 3 is 1.73 bits per heavy atom. The average molecular weight is 574 g/mol. The lowest BCUT2D eigenvalue weighted by Crippen LogP contribution is -2.02. The Labute approximate surface area is 259 Å². The van der Waals surface area contributed by atoms with E-state index in [0.29, 0.717) is 0 Å². The fourth-order valence-corrected chi connectivity index (χ4v) is 7.71. The van der Waals surface area contributed by atoms with Crippen LogP contribution in [0.1, 0.15) is 12.7 Å². The van der Waals surface area contributed by atoms with Crippen molar-refractivity contribution >= 4 is 75.7 Å². The zero-order valence-corrected chi connectivity index (χ0v) is 24.8. The second-order valence-corrected chi connectivity index (χ2v) is 12.1. The van der Waals surface area contributed by atoms with Crippen LogP contribution in [0, 0.1) is 0 Å². The largest absolute Gasteiger partial charge is 0.280 e. The summed E-state index contributed by atoms with van der Waals surface area (Å²) >= 11 is 0. The molecule has 10 rings (SSSR count). The first-order valence-electron chi connectivity index (χ1n) is 15.6. The van der Waals surface area contributed by atoms with E-state index in [1.807, 2.05) is 12.3 Å². The summed E-state index contributed by atoms with van der Waals surface area (Å²) < 4.78 is 2.18. The van der Waals surface area contributed by atoms with Crippen molar-refractivity contribution in [2.24, 2.45) is 0 Å². The van der Waals surface area contributed by atoms with Gasteiger partial charge in [0.25, 0.3) is 0 Å². The second-order valence-electron chi connectivity index (χ2n) is 12.1. The fourth-order valence-electron chi connectivity index (χ4n) is 7.71. The lowest BCUT2D eigenvalue weighted by molar-refractivity contribution is 0.885. The number of hydrogen-bond donors (Lipinski definition) is 0. The van der Waals surface area contributed by atoms with E-state index in [2.05, 4.69) is 133 Å². The molecule has 8 aromatic carbocycles. The van der Waals surface area contributed by atoms with Gasteiger partial charge in [0.2, 0.25) is 0 Å². The molecule has 0 spiro atoms. The van der Waals surface area contributed by atoms with Crippen molar-refractivity contribution < 1.29 is 0 Å². The fraction of sp³-hybridized carbons (Fsp3) is 0.0476. The summed E-state index contributed by atoms with van der Waals surface area (Å²) in [6.07, 6.45) is 2.85. The van der Waals surface area contributed by atoms with E-state index >= 15 is 0 Å². The number of pyridine rings is 1. The zero-order chi connectivity index (χ0) is 29.6. The van der Waals surface area contributed by atoms with Gasteiger partial charge in [-0.3, -0.25) is 4.57 Å². The number of nitrogens with zero attached hydrogens (tertiary/aromatic N) is 3. The predicted molar refractivity (Wildman–Crippen MR) is 190 cm³/mol. The molecule has 10 aromatic rings. The summed E-state index contributed by atoms with van der Waals surface area (Å²) in [5.41, 5.74) is 4.35. The van der Waals surface area contributed by atoms with Crippen molar-refractivity contribution in [3.05, 3.63) is 139 Å². The van der Waals surface area contributed by atoms with Crippen LogP contribution < -0.4 is 0 Å². The van der Waals surface area contributed by atoms with Crippen LogP contribution in [0.4, 0.5) is 0 Å². The van der Waals surface area contributed by atoms with Gasteiger partial charge in [-0.2, -0.15) is 0 Å². The van der Waals surface area contributed by atoms with Crippen molar-refractivity contribution in [2.75, 3.05) is 0 Å². The molecule has 210 valence electrons. The average Bonchev–Trinajstić information content (AvgIpc) is 3.48. The van der Waals surface area contributed by atoms with E-state index in [-0.39, 0.29) is 0 Å². The minimum atomic E-state index is 0.837. The summed E-state index contributed by atoms with van der Waals surface area (Å²) in [5.74, 6) is 1.91. The van der Waals surface area contributed by atoms with Crippen LogP contribution in [0.5, 0.6) is 0 Å². The monoisotopic (exact) mass is 573 g/mol. The van der Waals surface area contributed by atoms with E-state index in [1.165, 1.54) is 64.6 Å². The predicted octanol–water partition coefficient (Wildman–Crippen LogP) is 11.0. The molecule has 0 aliphatic rings. The number of aromatic nitrogens is 3. The quantitative estimate of drug-likeness (QED) is 0.197. The number of fused-ring (bicyclic) bond motifs is 3. The van der Waals surface area contributed by atoms with Crippen molar-refractivity contribution in [3.8, 4) is 16.9 Å². The molecule has 0 fully saturated rings. The standard InChI is InChI=1S/C42H27N3/c1-2-37-44-35-14-3-4-15-36(35)45(37)38-21-20-29(24-43-38)30-22-28-19-18-27-9-6-12-32-31-11-5-8-25-16-17-26-10-7-13-33(41(26)39(25)31)34(23-30)42(28)40(27)32/h3-24H,2H2,1H3. The van der Waals surface area contributed by atoms with Crippen LogP contribution in [0.3, 0.4) is 0 Å². The molecule has 45 heavy (non-hydrogen) atoms. The topological polar surface area (TPSA) is 30.7 Å². The van der Waals surface area contributed by atoms with Gasteiger partial charge < -0.3 is 0 Å². The second kappa shape index (κ2) is 9.10. The Morgan fingerprint density at radius 1 is 0.511 bits per heavy atom. The Morgan fingerprint density at radius 2 is 1.11 bits per heavy atom. The number of para-hydroxylation sites is 2. The third kappa shape index (κ3) is 3.41. The smallest absolute Gasteiger partial charge is 0.138 e. The zero-order valence-electron chi connectivity index (χ0n) is 24.8. The van der Waals surface area contributed by atoms with Crippen molar-refractivity contribution in [2.45, 2.75) is 13.3 Å². The highest BCUT2D eigenvalue weighted by Gasteiger charge is 2.17. The van der Waals surface area contributed by atoms with Crippen LogP contribution in [0.15, 0.2) is 134 Å². The molecule has 0 unspecified atom stereocenters. The van der Waals surface area contributed by atoms with Crippen LogP contribution >= 0.6 is 0 Å². The number of imidazole rings is 1. The minimum absolute atomic E-state index is 0.837. The van der Waals surface area contributed by atoms with Gasteiger partial charge in [0.15, 0.2) is 0 Å². The van der Waals surface area contributed by atoms with Gasteiger partial charge in [-0.15, -0.1) is 0 Å². The summed E-state index contributed by atoms with van der Waals surface area (Å²) in [5, 5.41) is 15.5. The molecular weight excluding hydrogens is 546 g/mol. The van der Waals surface area contributed by atoms with Crippen LogP contribution in [0.25, 0.3) is 92.6 Å². The molecule has 0 radical (unpaired) electrons. The first-order valence-corrected chi connectivity index (χ1v) is 15.6. The molecule has 3 heteroatoms. The van der Waals surface area contributed by atoms with Gasteiger partial charge in [0, 0.05) is 18.2 Å². The highest BCUT2D eigenvalue weighted by Crippen LogP contribution is 2.44. The van der Waals surface area contributed by atoms with Crippen LogP contribution in [-0.4, -0.2) is 14.5 Å². The first kappa shape index (κ1) is 24.6. The Bertz CT molecular complexity index is 2780. The van der Waals surface area contributed by atoms with Gasteiger partial charge in [-0.25, -0.2) is 9.97 Å². The van der Waals surface area contributed by atoms with Gasteiger partial charge in [0.1, 0.15) is 11.6 Å². The molecule has 0 N–H and O–H groups in total. The Kier molecular flexibility index (Phi) is 4.98. The highest BCUT2D eigenvalue weighted by atomic mass is 15.1. The number of benzene rings is 7. The minimum Gasteiger partial charge on any atom is -0.280 e. The normalized spacial score (nSPS) is 12.2. The van der Waals surface area contributed by atoms with Gasteiger partial charge >= 0.3 is 0 Å². The Balaban J connectivity index is 1.30. The maximum absolute atomic E-state index is 5.01. The van der Waals surface area contributed by atoms with Gasteiger partial charge in [0.05, 0.1) is 11.0 Å². The highest BCUT2D eigenvalue weighted by molar-refractivity contribution is 6.37. The summed E-state index contributed by atoms with van der Waals surface area (Å²) in [7, 11) is 0. The molecule has 0 saturated heterocycles. The van der Waals surface area contributed by atoms with E-state index < -0.39 is 0 Å². The lowest BCUT2D eigenvalue weighted by atomic mass is 9.86. The molecule has 0 aliphatic carbocycles. The van der Waals surface area contributed by atoms with E-state index in [0.717, 1.165) is 40.2 Å². The van der Waals surface area contributed by atoms with Crippen molar-refractivity contribution in [1.82, 2.24) is 14.5 Å². The first-order chi connectivity index (χ1) is 22.3. The van der Waals surface area contributed by atoms with Crippen molar-refractivity contribution in [1.29, 1.82) is 0 Å². The summed E-state index contributed by atoms with van der Waals surface area (Å²) in [4.78, 5) is 9.88. The summed E-state index contributed by atoms with van der Waals surface area (Å²) in [6.45, 7) is 2.14. The van der Waals surface area contributed by atoms with Crippen LogP contribution in [0.2, 0.25) is 0 Å². The van der Waals surface area contributed by atoms with Crippen molar-refractivity contribution in [3.63, 3.8) is 0 Å². The SMILES string of the molecule is CCc1nc2ccccc2n1-c1ccc(-c2cc3ccc4cccc5c6cccc7ccc8cccc(c(c2)c3c45)c8c76)cn1. The molecular formula is C42H27N3. The third-order valence-electron chi connectivity index (χ3n) is 9.68. The molecule has 2 aromatic heterocycles.